The fraction of sp³-hybridized carbons (Fsp3) is 0.0667. The molecule has 0 unspecified atom stereocenters. The van der Waals surface area contributed by atoms with Crippen LogP contribution in [0, 0.1) is 0 Å². The Hall–Kier alpha value is -2.17. The van der Waals surface area contributed by atoms with Crippen molar-refractivity contribution in [1.29, 1.82) is 0 Å². The van der Waals surface area contributed by atoms with E-state index in [-0.39, 0.29) is 5.91 Å². The van der Waals surface area contributed by atoms with E-state index in [0.29, 0.717) is 16.4 Å². The first-order valence-corrected chi connectivity index (χ1v) is 6.52. The van der Waals surface area contributed by atoms with Gasteiger partial charge in [0, 0.05) is 16.1 Å². The highest BCUT2D eigenvalue weighted by Crippen LogP contribution is 2.24. The first kappa shape index (κ1) is 12.8. The molecule has 0 saturated carbocycles. The number of nitrogens with zero attached hydrogens (tertiary/aromatic N) is 1. The van der Waals surface area contributed by atoms with Crippen molar-refractivity contribution >= 4 is 28.9 Å². The summed E-state index contributed by atoms with van der Waals surface area (Å²) >= 11 is 6.03. The molecule has 1 aliphatic heterocycles. The van der Waals surface area contributed by atoms with Gasteiger partial charge in [0.15, 0.2) is 6.17 Å². The third-order valence-corrected chi connectivity index (χ3v) is 3.31. The Bertz CT molecular complexity index is 712. The van der Waals surface area contributed by atoms with E-state index in [4.69, 9.17) is 17.3 Å². The van der Waals surface area contributed by atoms with Crippen molar-refractivity contribution in [3.63, 3.8) is 0 Å². The number of hydrogen-bond acceptors (Lipinski definition) is 3. The summed E-state index contributed by atoms with van der Waals surface area (Å²) in [5.41, 5.74) is 8.81. The molecule has 1 aliphatic rings. The number of aliphatic imine (C=N–C) groups is 1. The Labute approximate surface area is 121 Å². The van der Waals surface area contributed by atoms with E-state index < -0.39 is 6.17 Å². The number of para-hydroxylation sites is 1. The summed E-state index contributed by atoms with van der Waals surface area (Å²) in [6, 6.07) is 14.8. The summed E-state index contributed by atoms with van der Waals surface area (Å²) in [7, 11) is 0. The van der Waals surface area contributed by atoms with Gasteiger partial charge in [-0.1, -0.05) is 41.9 Å². The van der Waals surface area contributed by atoms with Gasteiger partial charge in [0.2, 0.25) is 0 Å². The van der Waals surface area contributed by atoms with E-state index >= 15 is 0 Å². The van der Waals surface area contributed by atoms with E-state index in [1.54, 1.807) is 12.1 Å². The summed E-state index contributed by atoms with van der Waals surface area (Å²) in [6.07, 6.45) is -0.934. The van der Waals surface area contributed by atoms with Gasteiger partial charge in [-0.2, -0.15) is 0 Å². The number of nitrogens with two attached hydrogens (primary N) is 1. The molecule has 0 spiro atoms. The van der Waals surface area contributed by atoms with Crippen LogP contribution in [0.1, 0.15) is 11.1 Å². The highest BCUT2D eigenvalue weighted by atomic mass is 35.5. The first-order valence-electron chi connectivity index (χ1n) is 6.15. The number of anilines is 1. The van der Waals surface area contributed by atoms with Crippen LogP contribution in [0.25, 0.3) is 0 Å². The highest BCUT2D eigenvalue weighted by Gasteiger charge is 2.22. The quantitative estimate of drug-likeness (QED) is 0.845. The van der Waals surface area contributed by atoms with Crippen molar-refractivity contribution in [3.05, 3.63) is 64.7 Å². The average molecular weight is 286 g/mol. The predicted octanol–water partition coefficient (Wildman–Crippen LogP) is 2.41. The van der Waals surface area contributed by atoms with Crippen molar-refractivity contribution in [1.82, 2.24) is 0 Å². The molecule has 0 fully saturated rings. The van der Waals surface area contributed by atoms with Crippen LogP contribution in [0.4, 0.5) is 5.69 Å². The number of benzene rings is 2. The summed E-state index contributed by atoms with van der Waals surface area (Å²) in [5.74, 6) is -0.325. The van der Waals surface area contributed by atoms with Crippen molar-refractivity contribution in [2.75, 3.05) is 5.32 Å². The number of amides is 1. The summed E-state index contributed by atoms with van der Waals surface area (Å²) in [4.78, 5) is 16.2. The van der Waals surface area contributed by atoms with Crippen LogP contribution in [-0.2, 0) is 4.79 Å². The maximum absolute atomic E-state index is 11.9. The third kappa shape index (κ3) is 2.31. The second kappa shape index (κ2) is 5.07. The molecular formula is C15H12ClN3O. The Morgan fingerprint density at radius 2 is 1.95 bits per heavy atom. The number of hydrogen-bond donors (Lipinski definition) is 2. The molecule has 0 radical (unpaired) electrons. The molecule has 4 nitrogen and oxygen atoms in total. The van der Waals surface area contributed by atoms with Crippen molar-refractivity contribution < 1.29 is 4.79 Å². The van der Waals surface area contributed by atoms with Crippen molar-refractivity contribution in [2.24, 2.45) is 10.7 Å². The Balaban J connectivity index is 2.21. The molecule has 20 heavy (non-hydrogen) atoms. The summed E-state index contributed by atoms with van der Waals surface area (Å²) in [5, 5.41) is 3.39. The smallest absolute Gasteiger partial charge is 0.263 e. The summed E-state index contributed by atoms with van der Waals surface area (Å²) in [6.45, 7) is 0. The Morgan fingerprint density at radius 1 is 1.15 bits per heavy atom. The minimum absolute atomic E-state index is 0.325. The van der Waals surface area contributed by atoms with Gasteiger partial charge in [0.05, 0.1) is 11.4 Å². The normalized spacial score (nSPS) is 17.8. The zero-order valence-electron chi connectivity index (χ0n) is 10.5. The van der Waals surface area contributed by atoms with E-state index in [1.807, 2.05) is 36.4 Å². The van der Waals surface area contributed by atoms with Crippen LogP contribution >= 0.6 is 11.6 Å². The van der Waals surface area contributed by atoms with Crippen LogP contribution in [0.2, 0.25) is 5.02 Å². The number of carbonyl (C=O) groups excluding carboxylic acids is 1. The third-order valence-electron chi connectivity index (χ3n) is 3.07. The lowest BCUT2D eigenvalue weighted by Gasteiger charge is -2.09. The number of nitrogens with one attached hydrogen (secondary N) is 1. The van der Waals surface area contributed by atoms with Gasteiger partial charge in [0.25, 0.3) is 5.91 Å². The number of rotatable bonds is 1. The van der Waals surface area contributed by atoms with E-state index in [1.165, 1.54) is 0 Å². The first-order chi connectivity index (χ1) is 9.65. The highest BCUT2D eigenvalue weighted by molar-refractivity contribution is 6.31. The summed E-state index contributed by atoms with van der Waals surface area (Å²) < 4.78 is 0. The zero-order chi connectivity index (χ0) is 14.1. The lowest BCUT2D eigenvalue weighted by molar-refractivity contribution is -0.117. The molecule has 100 valence electrons. The number of fused-ring (bicyclic) bond motifs is 1. The minimum Gasteiger partial charge on any atom is -0.322 e. The Kier molecular flexibility index (Phi) is 3.26. The fourth-order valence-corrected chi connectivity index (χ4v) is 2.33. The van der Waals surface area contributed by atoms with E-state index in [0.717, 1.165) is 11.1 Å². The second-order valence-corrected chi connectivity index (χ2v) is 4.90. The Morgan fingerprint density at radius 3 is 2.75 bits per heavy atom. The number of halogens is 1. The van der Waals surface area contributed by atoms with Crippen molar-refractivity contribution in [3.8, 4) is 0 Å². The van der Waals surface area contributed by atoms with E-state index in [2.05, 4.69) is 10.3 Å². The molecule has 0 bridgehead atoms. The fourth-order valence-electron chi connectivity index (χ4n) is 2.14. The largest absolute Gasteiger partial charge is 0.322 e. The van der Waals surface area contributed by atoms with E-state index in [9.17, 15) is 4.79 Å². The standard InChI is InChI=1S/C15H12ClN3O/c16-10-5-3-4-9(8-10)13-11-6-1-2-7-12(11)18-15(20)14(17)19-13/h1-8,14H,17H2,(H,18,20)/t14-/m0/s1. The van der Waals surface area contributed by atoms with Gasteiger partial charge in [0.1, 0.15) is 0 Å². The monoisotopic (exact) mass is 285 g/mol. The van der Waals surface area contributed by atoms with Gasteiger partial charge in [-0.05, 0) is 18.2 Å². The lowest BCUT2D eigenvalue weighted by Crippen LogP contribution is -2.33. The van der Waals surface area contributed by atoms with Gasteiger partial charge in [-0.15, -0.1) is 0 Å². The second-order valence-electron chi connectivity index (χ2n) is 4.47. The molecule has 5 heteroatoms. The average Bonchev–Trinajstić information content (AvgIpc) is 2.57. The van der Waals surface area contributed by atoms with Crippen LogP contribution in [-0.4, -0.2) is 17.8 Å². The van der Waals surface area contributed by atoms with Gasteiger partial charge < -0.3 is 11.1 Å². The van der Waals surface area contributed by atoms with Crippen LogP contribution < -0.4 is 11.1 Å². The maximum atomic E-state index is 11.9. The lowest BCUT2D eigenvalue weighted by atomic mass is 10.0. The van der Waals surface area contributed by atoms with Crippen molar-refractivity contribution in [2.45, 2.75) is 6.17 Å². The predicted molar refractivity (Wildman–Crippen MR) is 80.1 cm³/mol. The van der Waals surface area contributed by atoms with Crippen LogP contribution in [0.15, 0.2) is 53.5 Å². The minimum atomic E-state index is -0.934. The molecule has 0 aromatic heterocycles. The SMILES string of the molecule is N[C@H]1N=C(c2cccc(Cl)c2)c2ccccc2NC1=O. The maximum Gasteiger partial charge on any atom is 0.263 e. The van der Waals surface area contributed by atoms with Gasteiger partial charge in [-0.3, -0.25) is 9.79 Å². The molecule has 2 aromatic carbocycles. The van der Waals surface area contributed by atoms with Crippen LogP contribution in [0.3, 0.4) is 0 Å². The van der Waals surface area contributed by atoms with Gasteiger partial charge in [-0.25, -0.2) is 0 Å². The zero-order valence-corrected chi connectivity index (χ0v) is 11.3. The number of benzodiazepines with no additional fused rings is 1. The molecule has 3 N–H and O–H groups in total. The molecular weight excluding hydrogens is 274 g/mol. The molecule has 0 saturated heterocycles. The number of carbonyl (C=O) groups is 1. The molecule has 2 aromatic rings. The molecule has 1 atom stereocenters. The molecule has 1 heterocycles. The van der Waals surface area contributed by atoms with Gasteiger partial charge >= 0.3 is 0 Å². The molecule has 1 amide bonds. The molecule has 0 aliphatic carbocycles. The molecule has 3 rings (SSSR count). The topological polar surface area (TPSA) is 67.5 Å². The van der Waals surface area contributed by atoms with Crippen LogP contribution in [0.5, 0.6) is 0 Å².